The summed E-state index contributed by atoms with van der Waals surface area (Å²) in [6.07, 6.45) is 0.114. The van der Waals surface area contributed by atoms with Crippen LogP contribution in [0.15, 0.2) is 24.3 Å². The lowest BCUT2D eigenvalue weighted by Crippen LogP contribution is -2.48. The van der Waals surface area contributed by atoms with Crippen LogP contribution in [0.3, 0.4) is 0 Å². The number of halogens is 4. The molecule has 0 aromatic heterocycles. The van der Waals surface area contributed by atoms with Crippen LogP contribution in [0.25, 0.3) is 0 Å². The summed E-state index contributed by atoms with van der Waals surface area (Å²) in [5, 5.41) is 12.7. The van der Waals surface area contributed by atoms with Crippen LogP contribution in [-0.2, 0) is 4.79 Å². The van der Waals surface area contributed by atoms with Crippen LogP contribution in [0.2, 0.25) is 20.1 Å². The van der Waals surface area contributed by atoms with Crippen molar-refractivity contribution in [3.05, 3.63) is 65.6 Å². The molecule has 0 spiro atoms. The number of hydrogen-bond acceptors (Lipinski definition) is 5. The number of carbonyl (C=O) groups excluding carboxylic acids is 3. The van der Waals surface area contributed by atoms with Crippen molar-refractivity contribution in [3.63, 3.8) is 0 Å². The van der Waals surface area contributed by atoms with Crippen LogP contribution in [0.5, 0.6) is 0 Å². The molecule has 1 atom stereocenters. The van der Waals surface area contributed by atoms with E-state index < -0.39 is 28.7 Å². The first-order chi connectivity index (χ1) is 15.0. The number of imide groups is 1. The van der Waals surface area contributed by atoms with Crippen molar-refractivity contribution < 1.29 is 19.3 Å². The molecule has 0 aliphatic carbocycles. The highest BCUT2D eigenvalue weighted by molar-refractivity contribution is 6.55. The number of nitrogens with zero attached hydrogens (tertiary/aromatic N) is 2. The van der Waals surface area contributed by atoms with Crippen molar-refractivity contribution in [2.45, 2.75) is 26.3 Å². The van der Waals surface area contributed by atoms with Gasteiger partial charge >= 0.3 is 0 Å². The molecule has 3 amide bonds. The average molecular weight is 519 g/mol. The summed E-state index contributed by atoms with van der Waals surface area (Å²) >= 11 is 24.4. The van der Waals surface area contributed by atoms with Gasteiger partial charge in [-0.15, -0.1) is 0 Å². The molecule has 1 aliphatic heterocycles. The Hall–Kier alpha value is -2.39. The Kier molecular flexibility index (Phi) is 7.00. The molecule has 168 valence electrons. The lowest BCUT2D eigenvalue weighted by molar-refractivity contribution is -0.384. The number of nitro benzene ring substituents is 1. The van der Waals surface area contributed by atoms with Gasteiger partial charge in [-0.1, -0.05) is 66.3 Å². The topological polar surface area (TPSA) is 110 Å². The van der Waals surface area contributed by atoms with Crippen molar-refractivity contribution in [1.29, 1.82) is 0 Å². The van der Waals surface area contributed by atoms with Crippen molar-refractivity contribution >= 4 is 75.5 Å². The zero-order valence-electron chi connectivity index (χ0n) is 16.6. The van der Waals surface area contributed by atoms with Gasteiger partial charge < -0.3 is 5.32 Å². The summed E-state index contributed by atoms with van der Waals surface area (Å²) in [5.41, 5.74) is -0.551. The Labute approximate surface area is 202 Å². The van der Waals surface area contributed by atoms with E-state index in [-0.39, 0.29) is 54.9 Å². The molecule has 1 aliphatic rings. The van der Waals surface area contributed by atoms with E-state index >= 15 is 0 Å². The van der Waals surface area contributed by atoms with E-state index in [0.29, 0.717) is 0 Å². The van der Waals surface area contributed by atoms with Gasteiger partial charge in [0.25, 0.3) is 17.5 Å². The van der Waals surface area contributed by atoms with E-state index in [2.05, 4.69) is 5.32 Å². The number of nitrogens with one attached hydrogen (secondary N) is 1. The quantitative estimate of drug-likeness (QED) is 0.169. The number of anilines is 1. The third-order valence-corrected chi connectivity index (χ3v) is 6.57. The molecule has 0 radical (unpaired) electrons. The molecule has 2 aromatic rings. The molecule has 0 bridgehead atoms. The van der Waals surface area contributed by atoms with Crippen LogP contribution in [0.1, 0.15) is 41.0 Å². The summed E-state index contributed by atoms with van der Waals surface area (Å²) in [7, 11) is 0. The largest absolute Gasteiger partial charge is 0.324 e. The van der Waals surface area contributed by atoms with Crippen LogP contribution in [0, 0.1) is 16.0 Å². The summed E-state index contributed by atoms with van der Waals surface area (Å²) in [6, 6.07) is 4.04. The monoisotopic (exact) mass is 517 g/mol. The van der Waals surface area contributed by atoms with Crippen LogP contribution in [0.4, 0.5) is 11.4 Å². The van der Waals surface area contributed by atoms with E-state index in [4.69, 9.17) is 46.4 Å². The summed E-state index contributed by atoms with van der Waals surface area (Å²) < 4.78 is 0. The van der Waals surface area contributed by atoms with Crippen molar-refractivity contribution in [1.82, 2.24) is 4.90 Å². The fraction of sp³-hybridized carbons (Fsp3) is 0.250. The van der Waals surface area contributed by atoms with Gasteiger partial charge in [0, 0.05) is 17.8 Å². The smallest absolute Gasteiger partial charge is 0.271 e. The Morgan fingerprint density at radius 2 is 1.56 bits per heavy atom. The molecule has 0 saturated carbocycles. The third kappa shape index (κ3) is 4.28. The van der Waals surface area contributed by atoms with Crippen molar-refractivity contribution in [2.24, 2.45) is 5.92 Å². The van der Waals surface area contributed by atoms with Gasteiger partial charge in [-0.05, 0) is 18.4 Å². The molecule has 1 unspecified atom stereocenters. The first-order valence-electron chi connectivity index (χ1n) is 9.24. The molecule has 12 heteroatoms. The van der Waals surface area contributed by atoms with Gasteiger partial charge in [-0.3, -0.25) is 29.4 Å². The first kappa shape index (κ1) is 24.3. The second kappa shape index (κ2) is 9.23. The maximum Gasteiger partial charge on any atom is 0.271 e. The van der Waals surface area contributed by atoms with E-state index in [0.717, 1.165) is 4.90 Å². The molecule has 0 saturated heterocycles. The lowest BCUT2D eigenvalue weighted by Gasteiger charge is -2.26. The fourth-order valence-corrected chi connectivity index (χ4v) is 4.36. The maximum absolute atomic E-state index is 13.2. The molecule has 1 N–H and O–H groups in total. The van der Waals surface area contributed by atoms with Gasteiger partial charge in [0.05, 0.1) is 36.1 Å². The minimum absolute atomic E-state index is 0.0988. The number of nitro groups is 1. The van der Waals surface area contributed by atoms with Gasteiger partial charge in [0.2, 0.25) is 5.91 Å². The molecule has 0 fully saturated rings. The van der Waals surface area contributed by atoms with E-state index in [1.54, 1.807) is 13.8 Å². The van der Waals surface area contributed by atoms with Gasteiger partial charge in [0.1, 0.15) is 6.04 Å². The second-order valence-corrected chi connectivity index (χ2v) is 8.94. The molecular weight excluding hydrogens is 504 g/mol. The fourth-order valence-electron chi connectivity index (χ4n) is 3.35. The minimum atomic E-state index is -1.24. The Morgan fingerprint density at radius 3 is 2.03 bits per heavy atom. The predicted octanol–water partition coefficient (Wildman–Crippen LogP) is 5.86. The minimum Gasteiger partial charge on any atom is -0.324 e. The van der Waals surface area contributed by atoms with Gasteiger partial charge in [-0.25, -0.2) is 0 Å². The normalized spacial score (nSPS) is 14.0. The van der Waals surface area contributed by atoms with E-state index in [9.17, 15) is 24.5 Å². The molecule has 3 rings (SSSR count). The number of hydrogen-bond donors (Lipinski definition) is 1. The SMILES string of the molecule is CC(C)CC(C(=O)Nc1cccc([N+](=O)[O-])c1)N1C(=O)c2c(Cl)c(Cl)c(Cl)c(Cl)c2C1=O. The lowest BCUT2D eigenvalue weighted by atomic mass is 10.0. The first-order valence-corrected chi connectivity index (χ1v) is 10.8. The number of fused-ring (bicyclic) bond motifs is 1. The highest BCUT2D eigenvalue weighted by Crippen LogP contribution is 2.45. The molecular formula is C20H15Cl4N3O5. The maximum atomic E-state index is 13.2. The second-order valence-electron chi connectivity index (χ2n) is 7.43. The highest BCUT2D eigenvalue weighted by Gasteiger charge is 2.46. The zero-order valence-corrected chi connectivity index (χ0v) is 19.6. The molecule has 8 nitrogen and oxygen atoms in total. The number of amides is 3. The van der Waals surface area contributed by atoms with E-state index in [1.807, 2.05) is 0 Å². The van der Waals surface area contributed by atoms with E-state index in [1.165, 1.54) is 24.3 Å². The standard InChI is InChI=1S/C20H15Cl4N3O5/c1-8(2)6-11(18(28)25-9-4-3-5-10(7-9)27(31)32)26-19(29)12-13(20(26)30)15(22)17(24)16(23)14(12)21/h3-5,7-8,11H,6H2,1-2H3,(H,25,28). The van der Waals surface area contributed by atoms with Crippen LogP contribution < -0.4 is 5.32 Å². The summed E-state index contributed by atoms with van der Waals surface area (Å²) in [5.74, 6) is -2.48. The van der Waals surface area contributed by atoms with Crippen molar-refractivity contribution in [3.8, 4) is 0 Å². The summed E-state index contributed by atoms with van der Waals surface area (Å²) in [4.78, 5) is 50.6. The Balaban J connectivity index is 2.02. The Morgan fingerprint density at radius 1 is 1.03 bits per heavy atom. The zero-order chi connectivity index (χ0) is 23.9. The number of rotatable bonds is 6. The van der Waals surface area contributed by atoms with Crippen LogP contribution in [-0.4, -0.2) is 33.6 Å². The number of carbonyl (C=O) groups is 3. The van der Waals surface area contributed by atoms with Crippen molar-refractivity contribution in [2.75, 3.05) is 5.32 Å². The number of benzene rings is 2. The predicted molar refractivity (Wildman–Crippen MR) is 122 cm³/mol. The highest BCUT2D eigenvalue weighted by atomic mass is 35.5. The number of non-ortho nitro benzene ring substituents is 1. The van der Waals surface area contributed by atoms with Gasteiger partial charge in [0.15, 0.2) is 0 Å². The Bertz CT molecular complexity index is 1120. The average Bonchev–Trinajstić information content (AvgIpc) is 2.99. The molecule has 2 aromatic carbocycles. The molecule has 32 heavy (non-hydrogen) atoms. The summed E-state index contributed by atoms with van der Waals surface area (Å²) in [6.45, 7) is 3.61. The third-order valence-electron chi connectivity index (χ3n) is 4.77. The van der Waals surface area contributed by atoms with Crippen LogP contribution >= 0.6 is 46.4 Å². The van der Waals surface area contributed by atoms with Gasteiger partial charge in [-0.2, -0.15) is 0 Å². The molecule has 1 heterocycles.